The van der Waals surface area contributed by atoms with Crippen molar-refractivity contribution in [3.8, 4) is 0 Å². The molecule has 0 bridgehead atoms. The Balaban J connectivity index is 1.56. The van der Waals surface area contributed by atoms with Crippen molar-refractivity contribution < 1.29 is 9.21 Å². The molecular weight excluding hydrogens is 238 g/mol. The van der Waals surface area contributed by atoms with E-state index < -0.39 is 0 Å². The molecule has 0 spiro atoms. The smallest absolute Gasteiger partial charge is 0.149 e. The number of carbonyl (C=O) groups is 1. The maximum Gasteiger partial charge on any atom is 0.149 e. The highest BCUT2D eigenvalue weighted by Gasteiger charge is 2.32. The summed E-state index contributed by atoms with van der Waals surface area (Å²) in [6.45, 7) is 1.41. The van der Waals surface area contributed by atoms with Crippen LogP contribution in [0.3, 0.4) is 0 Å². The molecule has 1 heterocycles. The molecule has 1 aromatic rings. The van der Waals surface area contributed by atoms with E-state index in [1.54, 1.807) is 6.26 Å². The van der Waals surface area contributed by atoms with E-state index in [1.807, 2.05) is 12.1 Å². The Hall–Kier alpha value is -1.09. The van der Waals surface area contributed by atoms with E-state index in [-0.39, 0.29) is 0 Å². The van der Waals surface area contributed by atoms with Crippen LogP contribution in [-0.2, 0) is 11.3 Å². The number of hydrogen-bond donors (Lipinski definition) is 0. The molecular formula is C16H23NO2. The zero-order chi connectivity index (χ0) is 13.1. The maximum atomic E-state index is 12.4. The topological polar surface area (TPSA) is 33.5 Å². The van der Waals surface area contributed by atoms with Crippen LogP contribution in [0.25, 0.3) is 0 Å². The third-order valence-corrected chi connectivity index (χ3v) is 4.42. The van der Waals surface area contributed by atoms with Crippen molar-refractivity contribution in [3.63, 3.8) is 0 Å². The third kappa shape index (κ3) is 3.47. The van der Waals surface area contributed by atoms with Gasteiger partial charge < -0.3 is 4.42 Å². The molecule has 0 amide bonds. The molecule has 0 unspecified atom stereocenters. The van der Waals surface area contributed by atoms with E-state index in [1.165, 1.54) is 32.1 Å². The van der Waals surface area contributed by atoms with Crippen molar-refractivity contribution in [3.05, 3.63) is 24.2 Å². The van der Waals surface area contributed by atoms with Gasteiger partial charge in [0.05, 0.1) is 19.4 Å². The number of rotatable bonds is 6. The Bertz CT molecular complexity index is 402. The van der Waals surface area contributed by atoms with E-state index in [0.29, 0.717) is 24.3 Å². The van der Waals surface area contributed by atoms with Gasteiger partial charge in [0.15, 0.2) is 0 Å². The zero-order valence-corrected chi connectivity index (χ0v) is 11.5. The zero-order valence-electron chi connectivity index (χ0n) is 11.5. The predicted molar refractivity (Wildman–Crippen MR) is 73.7 cm³/mol. The minimum Gasteiger partial charge on any atom is -0.468 e. The highest BCUT2D eigenvalue weighted by molar-refractivity contribution is 5.83. The summed E-state index contributed by atoms with van der Waals surface area (Å²) < 4.78 is 5.42. The molecule has 0 aromatic carbocycles. The van der Waals surface area contributed by atoms with Gasteiger partial charge in [-0.25, -0.2) is 0 Å². The first-order valence-electron chi connectivity index (χ1n) is 7.62. The van der Waals surface area contributed by atoms with Crippen LogP contribution in [0.15, 0.2) is 22.8 Å². The summed E-state index contributed by atoms with van der Waals surface area (Å²) in [6.07, 6.45) is 10.2. The maximum absolute atomic E-state index is 12.4. The van der Waals surface area contributed by atoms with Gasteiger partial charge in [0, 0.05) is 12.0 Å². The van der Waals surface area contributed by atoms with Crippen molar-refractivity contribution in [2.24, 2.45) is 5.92 Å². The summed E-state index contributed by atoms with van der Waals surface area (Å²) >= 11 is 0. The first kappa shape index (κ1) is 12.9. The second kappa shape index (κ2) is 5.91. The SMILES string of the molecule is O=C(CN(Cc1ccco1)C1CC1)C1CCCCC1. The first-order valence-corrected chi connectivity index (χ1v) is 7.62. The second-order valence-corrected chi connectivity index (χ2v) is 6.02. The van der Waals surface area contributed by atoms with E-state index in [4.69, 9.17) is 4.42 Å². The molecule has 104 valence electrons. The van der Waals surface area contributed by atoms with Crippen LogP contribution in [-0.4, -0.2) is 23.3 Å². The van der Waals surface area contributed by atoms with Crippen molar-refractivity contribution in [2.75, 3.05) is 6.54 Å². The van der Waals surface area contributed by atoms with Gasteiger partial charge in [0.1, 0.15) is 11.5 Å². The lowest BCUT2D eigenvalue weighted by molar-refractivity contribution is -0.125. The van der Waals surface area contributed by atoms with Crippen molar-refractivity contribution in [1.82, 2.24) is 4.90 Å². The van der Waals surface area contributed by atoms with E-state index in [9.17, 15) is 4.79 Å². The molecule has 2 aliphatic rings. The normalized spacial score (nSPS) is 20.9. The monoisotopic (exact) mass is 261 g/mol. The van der Waals surface area contributed by atoms with Crippen molar-refractivity contribution >= 4 is 5.78 Å². The van der Waals surface area contributed by atoms with Crippen LogP contribution in [0, 0.1) is 5.92 Å². The highest BCUT2D eigenvalue weighted by Crippen LogP contribution is 2.30. The van der Waals surface area contributed by atoms with Crippen molar-refractivity contribution in [1.29, 1.82) is 0 Å². The summed E-state index contributed by atoms with van der Waals surface area (Å²) in [5.41, 5.74) is 0. The van der Waals surface area contributed by atoms with Crippen LogP contribution < -0.4 is 0 Å². The number of furan rings is 1. The van der Waals surface area contributed by atoms with Gasteiger partial charge in [-0.3, -0.25) is 9.69 Å². The average Bonchev–Trinajstić information content (AvgIpc) is 3.17. The molecule has 1 aromatic heterocycles. The fraction of sp³-hybridized carbons (Fsp3) is 0.688. The van der Waals surface area contributed by atoms with E-state index >= 15 is 0 Å². The van der Waals surface area contributed by atoms with Crippen LogP contribution in [0.1, 0.15) is 50.7 Å². The summed E-state index contributed by atoms with van der Waals surface area (Å²) in [5.74, 6) is 1.76. The fourth-order valence-corrected chi connectivity index (χ4v) is 3.11. The molecule has 0 atom stereocenters. The molecule has 0 radical (unpaired) electrons. The number of hydrogen-bond acceptors (Lipinski definition) is 3. The lowest BCUT2D eigenvalue weighted by Gasteiger charge is -2.25. The molecule has 3 heteroatoms. The van der Waals surface area contributed by atoms with Gasteiger partial charge in [0.2, 0.25) is 0 Å². The molecule has 0 N–H and O–H groups in total. The molecule has 0 aliphatic heterocycles. The Labute approximate surface area is 115 Å². The van der Waals surface area contributed by atoms with Crippen molar-refractivity contribution in [2.45, 2.75) is 57.5 Å². The predicted octanol–water partition coefficient (Wildman–Crippen LogP) is 3.39. The summed E-state index contributed by atoms with van der Waals surface area (Å²) in [5, 5.41) is 0. The molecule has 19 heavy (non-hydrogen) atoms. The van der Waals surface area contributed by atoms with Crippen LogP contribution in [0.4, 0.5) is 0 Å². The van der Waals surface area contributed by atoms with Crippen LogP contribution >= 0.6 is 0 Å². The molecule has 3 nitrogen and oxygen atoms in total. The Morgan fingerprint density at radius 1 is 1.21 bits per heavy atom. The number of carbonyl (C=O) groups excluding carboxylic acids is 1. The van der Waals surface area contributed by atoms with Gasteiger partial charge in [-0.1, -0.05) is 19.3 Å². The van der Waals surface area contributed by atoms with Gasteiger partial charge in [-0.05, 0) is 37.8 Å². The van der Waals surface area contributed by atoms with E-state index in [0.717, 1.165) is 25.1 Å². The highest BCUT2D eigenvalue weighted by atomic mass is 16.3. The second-order valence-electron chi connectivity index (χ2n) is 6.02. The first-order chi connectivity index (χ1) is 9.33. The van der Waals surface area contributed by atoms with Gasteiger partial charge in [-0.15, -0.1) is 0 Å². The molecule has 2 saturated carbocycles. The Morgan fingerprint density at radius 2 is 2.00 bits per heavy atom. The number of nitrogens with zero attached hydrogens (tertiary/aromatic N) is 1. The Kier molecular flexibility index (Phi) is 4.02. The quantitative estimate of drug-likeness (QED) is 0.787. The average molecular weight is 261 g/mol. The van der Waals surface area contributed by atoms with Crippen LogP contribution in [0.5, 0.6) is 0 Å². The molecule has 3 rings (SSSR count). The van der Waals surface area contributed by atoms with E-state index in [2.05, 4.69) is 4.90 Å². The summed E-state index contributed by atoms with van der Waals surface area (Å²) in [4.78, 5) is 14.7. The third-order valence-electron chi connectivity index (χ3n) is 4.42. The number of Topliss-reactive ketones (excluding diaryl/α,β-unsaturated/α-hetero) is 1. The van der Waals surface area contributed by atoms with Gasteiger partial charge >= 0.3 is 0 Å². The molecule has 2 fully saturated rings. The van der Waals surface area contributed by atoms with Gasteiger partial charge in [0.25, 0.3) is 0 Å². The molecule has 0 saturated heterocycles. The standard InChI is InChI=1S/C16H23NO2/c18-16(13-5-2-1-3-6-13)12-17(14-8-9-14)11-15-7-4-10-19-15/h4,7,10,13-14H,1-3,5-6,8-9,11-12H2. The summed E-state index contributed by atoms with van der Waals surface area (Å²) in [7, 11) is 0. The Morgan fingerprint density at radius 3 is 2.63 bits per heavy atom. The lowest BCUT2D eigenvalue weighted by Crippen LogP contribution is -2.35. The largest absolute Gasteiger partial charge is 0.468 e. The minimum atomic E-state index is 0.326. The fourth-order valence-electron chi connectivity index (χ4n) is 3.11. The minimum absolute atomic E-state index is 0.326. The van der Waals surface area contributed by atoms with Gasteiger partial charge in [-0.2, -0.15) is 0 Å². The van der Waals surface area contributed by atoms with Crippen LogP contribution in [0.2, 0.25) is 0 Å². The number of ketones is 1. The summed E-state index contributed by atoms with van der Waals surface area (Å²) in [6, 6.07) is 4.53. The molecule has 2 aliphatic carbocycles. The lowest BCUT2D eigenvalue weighted by atomic mass is 9.86.